The molecule has 0 aliphatic rings. The van der Waals surface area contributed by atoms with Gasteiger partial charge in [0.05, 0.1) is 16.3 Å². The third-order valence-electron chi connectivity index (χ3n) is 4.16. The minimum atomic E-state index is -0.974. The zero-order valence-electron chi connectivity index (χ0n) is 16.1. The van der Waals surface area contributed by atoms with Crippen molar-refractivity contribution in [3.8, 4) is 5.69 Å². The number of anilines is 1. The van der Waals surface area contributed by atoms with Crippen molar-refractivity contribution in [1.82, 2.24) is 9.78 Å². The number of nitrogens with zero attached hydrogens (tertiary/aromatic N) is 3. The summed E-state index contributed by atoms with van der Waals surface area (Å²) in [4.78, 5) is 35.0. The molecule has 0 spiro atoms. The summed E-state index contributed by atoms with van der Waals surface area (Å²) >= 11 is 0. The minimum Gasteiger partial charge on any atom is -0.452 e. The van der Waals surface area contributed by atoms with Crippen LogP contribution in [0.1, 0.15) is 21.6 Å². The molecule has 0 bridgehead atoms. The molecule has 154 valence electrons. The lowest BCUT2D eigenvalue weighted by molar-refractivity contribution is -0.385. The average molecular weight is 412 g/mol. The number of nitrogens with one attached hydrogen (secondary N) is 1. The van der Waals surface area contributed by atoms with E-state index in [0.717, 1.165) is 0 Å². The topological polar surface area (TPSA) is 116 Å². The van der Waals surface area contributed by atoms with E-state index in [0.29, 0.717) is 22.8 Å². The van der Waals surface area contributed by atoms with Gasteiger partial charge < -0.3 is 10.1 Å². The molecular weight excluding hydrogens is 395 g/mol. The SMILES string of the molecule is Cc1cc(NC(=O)COC(=O)c2c(C)cccc2[N+](=O)[O-])n(-c2ccc(F)cc2)n1. The number of nitro groups is 1. The van der Waals surface area contributed by atoms with Crippen LogP contribution in [0.2, 0.25) is 0 Å². The molecular formula is C20H17FN4O5. The Labute approximate surface area is 170 Å². The Morgan fingerprint density at radius 1 is 1.20 bits per heavy atom. The highest BCUT2D eigenvalue weighted by Gasteiger charge is 2.24. The Balaban J connectivity index is 1.71. The maximum Gasteiger partial charge on any atom is 0.345 e. The second-order valence-corrected chi connectivity index (χ2v) is 6.41. The van der Waals surface area contributed by atoms with Gasteiger partial charge in [0.1, 0.15) is 17.2 Å². The maximum absolute atomic E-state index is 13.2. The van der Waals surface area contributed by atoms with E-state index in [9.17, 15) is 24.1 Å². The molecule has 30 heavy (non-hydrogen) atoms. The summed E-state index contributed by atoms with van der Waals surface area (Å²) in [6.07, 6.45) is 0. The highest BCUT2D eigenvalue weighted by atomic mass is 19.1. The van der Waals surface area contributed by atoms with Crippen molar-refractivity contribution >= 4 is 23.4 Å². The van der Waals surface area contributed by atoms with Crippen molar-refractivity contribution in [3.05, 3.63) is 81.3 Å². The summed E-state index contributed by atoms with van der Waals surface area (Å²) in [5.41, 5.74) is 0.877. The number of aryl methyl sites for hydroxylation is 2. The van der Waals surface area contributed by atoms with Crippen LogP contribution in [0.5, 0.6) is 0 Å². The van der Waals surface area contributed by atoms with Gasteiger partial charge in [-0.15, -0.1) is 0 Å². The fraction of sp³-hybridized carbons (Fsp3) is 0.150. The number of nitro benzene ring substituents is 1. The van der Waals surface area contributed by atoms with Gasteiger partial charge >= 0.3 is 5.97 Å². The molecule has 10 heteroatoms. The van der Waals surface area contributed by atoms with Crippen LogP contribution in [0.15, 0.2) is 48.5 Å². The van der Waals surface area contributed by atoms with Gasteiger partial charge in [0.15, 0.2) is 6.61 Å². The number of rotatable bonds is 6. The second-order valence-electron chi connectivity index (χ2n) is 6.41. The molecule has 0 unspecified atom stereocenters. The summed E-state index contributed by atoms with van der Waals surface area (Å²) in [5.74, 6) is -1.76. The average Bonchev–Trinajstić information content (AvgIpc) is 3.06. The molecule has 3 rings (SSSR count). The molecule has 3 aromatic rings. The first-order chi connectivity index (χ1) is 14.3. The van der Waals surface area contributed by atoms with Gasteiger partial charge in [-0.2, -0.15) is 5.10 Å². The van der Waals surface area contributed by atoms with E-state index in [-0.39, 0.29) is 5.56 Å². The highest BCUT2D eigenvalue weighted by Crippen LogP contribution is 2.23. The predicted octanol–water partition coefficient (Wildman–Crippen LogP) is 3.33. The fourth-order valence-electron chi connectivity index (χ4n) is 2.82. The number of hydrogen-bond donors (Lipinski definition) is 1. The standard InChI is InChI=1S/C20H17FN4O5/c1-12-4-3-5-16(25(28)29)19(12)20(27)30-11-18(26)22-17-10-13(2)23-24(17)15-8-6-14(21)7-9-15/h3-10H,11H2,1-2H3,(H,22,26). The first-order valence-corrected chi connectivity index (χ1v) is 8.80. The summed E-state index contributed by atoms with van der Waals surface area (Å²) in [7, 11) is 0. The Kier molecular flexibility index (Phi) is 5.86. The zero-order chi connectivity index (χ0) is 21.8. The third-order valence-corrected chi connectivity index (χ3v) is 4.16. The molecule has 1 heterocycles. The molecule has 0 saturated heterocycles. The Morgan fingerprint density at radius 2 is 1.90 bits per heavy atom. The normalized spacial score (nSPS) is 10.5. The number of halogens is 1. The van der Waals surface area contributed by atoms with E-state index in [1.54, 1.807) is 13.0 Å². The molecule has 0 radical (unpaired) electrons. The lowest BCUT2D eigenvalue weighted by Crippen LogP contribution is -2.23. The van der Waals surface area contributed by atoms with E-state index >= 15 is 0 Å². The summed E-state index contributed by atoms with van der Waals surface area (Å²) in [6.45, 7) is 2.60. The van der Waals surface area contributed by atoms with Gasteiger partial charge in [0, 0.05) is 12.1 Å². The minimum absolute atomic E-state index is 0.206. The summed E-state index contributed by atoms with van der Waals surface area (Å²) in [6, 6.07) is 11.3. The largest absolute Gasteiger partial charge is 0.452 e. The second kappa shape index (κ2) is 8.52. The number of aromatic nitrogens is 2. The molecule has 0 aliphatic heterocycles. The molecule has 0 atom stereocenters. The van der Waals surface area contributed by atoms with Crippen LogP contribution in [0.25, 0.3) is 5.69 Å². The number of ether oxygens (including phenoxy) is 1. The van der Waals surface area contributed by atoms with Gasteiger partial charge in [-0.05, 0) is 43.7 Å². The Bertz CT molecular complexity index is 1120. The highest BCUT2D eigenvalue weighted by molar-refractivity contribution is 5.98. The van der Waals surface area contributed by atoms with E-state index in [1.165, 1.54) is 54.1 Å². The number of hydrogen-bond acceptors (Lipinski definition) is 6. The predicted molar refractivity (Wildman–Crippen MR) is 105 cm³/mol. The first-order valence-electron chi connectivity index (χ1n) is 8.80. The monoisotopic (exact) mass is 412 g/mol. The van der Waals surface area contributed by atoms with Crippen LogP contribution in [-0.4, -0.2) is 33.2 Å². The lowest BCUT2D eigenvalue weighted by atomic mass is 10.1. The van der Waals surface area contributed by atoms with Gasteiger partial charge in [-0.3, -0.25) is 14.9 Å². The van der Waals surface area contributed by atoms with Crippen molar-refractivity contribution < 1.29 is 23.6 Å². The van der Waals surface area contributed by atoms with E-state index < -0.39 is 34.9 Å². The van der Waals surface area contributed by atoms with Gasteiger partial charge in [0.25, 0.3) is 11.6 Å². The van der Waals surface area contributed by atoms with E-state index in [1.807, 2.05) is 0 Å². The van der Waals surface area contributed by atoms with E-state index in [2.05, 4.69) is 10.4 Å². The summed E-state index contributed by atoms with van der Waals surface area (Å²) in [5, 5.41) is 17.9. The molecule has 0 saturated carbocycles. The smallest absolute Gasteiger partial charge is 0.345 e. The molecule has 0 aliphatic carbocycles. The van der Waals surface area contributed by atoms with Gasteiger partial charge in [0.2, 0.25) is 0 Å². The van der Waals surface area contributed by atoms with Crippen LogP contribution in [0, 0.1) is 29.8 Å². The van der Waals surface area contributed by atoms with E-state index in [4.69, 9.17) is 4.74 Å². The Hall–Kier alpha value is -4.08. The van der Waals surface area contributed by atoms with Crippen molar-refractivity contribution in [2.45, 2.75) is 13.8 Å². The molecule has 1 N–H and O–H groups in total. The quantitative estimate of drug-likeness (QED) is 0.377. The number of carbonyl (C=O) groups excluding carboxylic acids is 2. The van der Waals surface area contributed by atoms with Crippen LogP contribution >= 0.6 is 0 Å². The van der Waals surface area contributed by atoms with Crippen molar-refractivity contribution in [1.29, 1.82) is 0 Å². The zero-order valence-corrected chi connectivity index (χ0v) is 16.1. The molecule has 0 fully saturated rings. The number of benzene rings is 2. The molecule has 1 amide bonds. The van der Waals surface area contributed by atoms with Crippen LogP contribution < -0.4 is 5.32 Å². The van der Waals surface area contributed by atoms with Crippen LogP contribution in [0.4, 0.5) is 15.9 Å². The Morgan fingerprint density at radius 3 is 2.57 bits per heavy atom. The number of esters is 1. The first kappa shape index (κ1) is 20.6. The molecule has 9 nitrogen and oxygen atoms in total. The maximum atomic E-state index is 13.2. The fourth-order valence-corrected chi connectivity index (χ4v) is 2.82. The van der Waals surface area contributed by atoms with Crippen LogP contribution in [0.3, 0.4) is 0 Å². The lowest BCUT2D eigenvalue weighted by Gasteiger charge is -2.10. The summed E-state index contributed by atoms with van der Waals surface area (Å²) < 4.78 is 19.5. The van der Waals surface area contributed by atoms with Crippen molar-refractivity contribution in [2.75, 3.05) is 11.9 Å². The number of carbonyl (C=O) groups is 2. The van der Waals surface area contributed by atoms with Crippen LogP contribution in [-0.2, 0) is 9.53 Å². The number of amides is 1. The van der Waals surface area contributed by atoms with Gasteiger partial charge in [-0.1, -0.05) is 12.1 Å². The molecule has 2 aromatic carbocycles. The molecule has 1 aromatic heterocycles. The van der Waals surface area contributed by atoms with Crippen molar-refractivity contribution in [2.24, 2.45) is 0 Å². The van der Waals surface area contributed by atoms with Gasteiger partial charge in [-0.25, -0.2) is 13.9 Å². The third kappa shape index (κ3) is 4.49. The van der Waals surface area contributed by atoms with Crippen molar-refractivity contribution in [3.63, 3.8) is 0 Å².